The third-order valence-corrected chi connectivity index (χ3v) is 12.6. The van der Waals surface area contributed by atoms with E-state index in [2.05, 4.69) is 66.7 Å². The van der Waals surface area contributed by atoms with Crippen molar-refractivity contribution in [3.05, 3.63) is 23.8 Å². The minimum Gasteiger partial charge on any atom is -0.396 e. The van der Waals surface area contributed by atoms with Crippen LogP contribution in [0, 0.1) is 50.2 Å². The molecule has 0 aromatic heterocycles. The summed E-state index contributed by atoms with van der Waals surface area (Å²) in [7, 11) is 0. The Labute approximate surface area is 197 Å². The molecule has 9 atom stereocenters. The summed E-state index contributed by atoms with van der Waals surface area (Å²) in [4.78, 5) is 0. The van der Waals surface area contributed by atoms with Crippen LogP contribution in [0.25, 0.3) is 0 Å². The van der Waals surface area contributed by atoms with Crippen molar-refractivity contribution in [1.29, 1.82) is 0 Å². The van der Waals surface area contributed by atoms with E-state index in [9.17, 15) is 10.2 Å². The summed E-state index contributed by atoms with van der Waals surface area (Å²) >= 11 is 0. The third-order valence-electron chi connectivity index (χ3n) is 12.6. The predicted molar refractivity (Wildman–Crippen MR) is 132 cm³/mol. The quantitative estimate of drug-likeness (QED) is 0.435. The second-order valence-corrected chi connectivity index (χ2v) is 14.6. The van der Waals surface area contributed by atoms with Gasteiger partial charge in [-0.1, -0.05) is 72.3 Å². The zero-order valence-electron chi connectivity index (χ0n) is 21.8. The van der Waals surface area contributed by atoms with E-state index < -0.39 is 0 Å². The van der Waals surface area contributed by atoms with Gasteiger partial charge in [-0.3, -0.25) is 0 Å². The first-order valence-electron chi connectivity index (χ1n) is 13.5. The Balaban J connectivity index is 1.59. The van der Waals surface area contributed by atoms with Crippen LogP contribution < -0.4 is 0 Å². The Morgan fingerprint density at radius 2 is 1.59 bits per heavy atom. The molecule has 0 amide bonds. The van der Waals surface area contributed by atoms with Crippen molar-refractivity contribution in [2.45, 2.75) is 106 Å². The number of rotatable bonds is 1. The molecule has 32 heavy (non-hydrogen) atoms. The first-order valence-corrected chi connectivity index (χ1v) is 13.5. The van der Waals surface area contributed by atoms with Gasteiger partial charge in [0.05, 0.1) is 12.7 Å². The van der Waals surface area contributed by atoms with E-state index in [-0.39, 0.29) is 34.4 Å². The Morgan fingerprint density at radius 3 is 2.28 bits per heavy atom. The summed E-state index contributed by atoms with van der Waals surface area (Å²) in [5, 5.41) is 21.3. The van der Waals surface area contributed by atoms with Gasteiger partial charge in [-0.05, 0) is 90.8 Å². The first-order chi connectivity index (χ1) is 14.8. The lowest BCUT2D eigenvalue weighted by molar-refractivity contribution is -0.205. The molecule has 0 spiro atoms. The fraction of sp³-hybridized carbons (Fsp3) is 0.867. The molecule has 2 heteroatoms. The molecule has 3 fully saturated rings. The molecule has 2 nitrogen and oxygen atoms in total. The lowest BCUT2D eigenvalue weighted by atomic mass is 9.34. The largest absolute Gasteiger partial charge is 0.396 e. The Morgan fingerprint density at radius 1 is 0.875 bits per heavy atom. The minimum absolute atomic E-state index is 0.103. The van der Waals surface area contributed by atoms with E-state index in [0.717, 1.165) is 19.3 Å². The van der Waals surface area contributed by atoms with Gasteiger partial charge in [0.2, 0.25) is 0 Å². The summed E-state index contributed by atoms with van der Waals surface area (Å²) in [6.45, 7) is 17.4. The second-order valence-electron chi connectivity index (χ2n) is 14.6. The fourth-order valence-corrected chi connectivity index (χ4v) is 10.00. The molecule has 0 aromatic carbocycles. The summed E-state index contributed by atoms with van der Waals surface area (Å²) in [6.07, 6.45) is 17.0. The highest BCUT2D eigenvalue weighted by Gasteiger charge is 2.67. The molecule has 0 radical (unpaired) electrons. The lowest BCUT2D eigenvalue weighted by Gasteiger charge is -2.70. The van der Waals surface area contributed by atoms with Gasteiger partial charge < -0.3 is 10.2 Å². The molecule has 5 aliphatic carbocycles. The average molecular weight is 441 g/mol. The van der Waals surface area contributed by atoms with Crippen LogP contribution in [0.3, 0.4) is 0 Å². The first kappa shape index (κ1) is 23.2. The van der Waals surface area contributed by atoms with Crippen LogP contribution in [-0.4, -0.2) is 22.9 Å². The van der Waals surface area contributed by atoms with E-state index >= 15 is 0 Å². The SMILES string of the molecule is CC1(C)CC[C@]2(C)C=C[C@]3(C)C(=CC[C@@H]4[C@@]5(C)CCC(O)C(C)(CO)C5CC[C@]43C)[C@H]2C1. The van der Waals surface area contributed by atoms with Gasteiger partial charge in [0.1, 0.15) is 0 Å². The fourth-order valence-electron chi connectivity index (χ4n) is 10.00. The molecule has 0 aliphatic heterocycles. The normalized spacial score (nSPS) is 56.3. The van der Waals surface area contributed by atoms with Crippen LogP contribution in [0.4, 0.5) is 0 Å². The van der Waals surface area contributed by atoms with Crippen molar-refractivity contribution in [3.8, 4) is 0 Å². The van der Waals surface area contributed by atoms with E-state index in [1.165, 1.54) is 32.1 Å². The molecule has 2 N–H and O–H groups in total. The number of aliphatic hydroxyl groups excluding tert-OH is 2. The number of hydrogen-bond acceptors (Lipinski definition) is 2. The maximum Gasteiger partial charge on any atom is 0.0618 e. The van der Waals surface area contributed by atoms with Crippen molar-refractivity contribution < 1.29 is 10.2 Å². The number of hydrogen-bond donors (Lipinski definition) is 2. The van der Waals surface area contributed by atoms with Gasteiger partial charge in [-0.25, -0.2) is 0 Å². The molecule has 3 saturated carbocycles. The molecule has 0 heterocycles. The molecule has 0 bridgehead atoms. The van der Waals surface area contributed by atoms with Crippen molar-refractivity contribution in [1.82, 2.24) is 0 Å². The molecule has 5 aliphatic rings. The van der Waals surface area contributed by atoms with Crippen LogP contribution in [0.15, 0.2) is 23.8 Å². The highest BCUT2D eigenvalue weighted by molar-refractivity contribution is 5.40. The standard InChI is InChI=1S/C30H48O2/c1-25(2)14-15-26(3)16-17-29(6)20(21(26)18-25)8-9-23-27(4)12-11-24(32)28(5,19-31)22(27)10-13-30(23,29)7/h8,16-17,21-24,31-32H,9-15,18-19H2,1-7H3/t21-,22?,23-,24?,26-,27+,28?,29-,30-/m1/s1. The van der Waals surface area contributed by atoms with Crippen LogP contribution in [-0.2, 0) is 0 Å². The molecular formula is C30H48O2. The molecule has 0 saturated heterocycles. The highest BCUT2D eigenvalue weighted by atomic mass is 16.3. The molecule has 3 unspecified atom stereocenters. The number of allylic oxidation sites excluding steroid dienone is 4. The van der Waals surface area contributed by atoms with Crippen LogP contribution >= 0.6 is 0 Å². The average Bonchev–Trinajstić information content (AvgIpc) is 2.73. The Hall–Kier alpha value is -0.600. The molecule has 5 rings (SSSR count). The zero-order chi connectivity index (χ0) is 23.4. The third kappa shape index (κ3) is 2.72. The number of aliphatic hydroxyl groups is 2. The second kappa shape index (κ2) is 6.75. The van der Waals surface area contributed by atoms with Gasteiger partial charge >= 0.3 is 0 Å². The van der Waals surface area contributed by atoms with Crippen LogP contribution in [0.2, 0.25) is 0 Å². The van der Waals surface area contributed by atoms with Crippen molar-refractivity contribution in [2.75, 3.05) is 6.61 Å². The van der Waals surface area contributed by atoms with E-state index in [1.54, 1.807) is 5.57 Å². The van der Waals surface area contributed by atoms with Crippen LogP contribution in [0.5, 0.6) is 0 Å². The van der Waals surface area contributed by atoms with Crippen molar-refractivity contribution in [2.24, 2.45) is 50.2 Å². The topological polar surface area (TPSA) is 40.5 Å². The minimum atomic E-state index is -0.375. The smallest absolute Gasteiger partial charge is 0.0618 e. The summed E-state index contributed by atoms with van der Waals surface area (Å²) in [5.74, 6) is 1.67. The number of fused-ring (bicyclic) bond motifs is 7. The summed E-state index contributed by atoms with van der Waals surface area (Å²) < 4.78 is 0. The van der Waals surface area contributed by atoms with Gasteiger partial charge in [0, 0.05) is 10.8 Å². The molecule has 0 aromatic rings. The highest BCUT2D eigenvalue weighted by Crippen LogP contribution is 2.74. The maximum atomic E-state index is 10.9. The van der Waals surface area contributed by atoms with Crippen LogP contribution in [0.1, 0.15) is 99.8 Å². The van der Waals surface area contributed by atoms with Crippen molar-refractivity contribution in [3.63, 3.8) is 0 Å². The maximum absolute atomic E-state index is 10.9. The Kier molecular flexibility index (Phi) is 4.88. The van der Waals surface area contributed by atoms with Gasteiger partial charge in [0.15, 0.2) is 0 Å². The van der Waals surface area contributed by atoms with E-state index in [0.29, 0.717) is 28.6 Å². The van der Waals surface area contributed by atoms with Gasteiger partial charge in [-0.15, -0.1) is 0 Å². The predicted octanol–water partition coefficient (Wildman–Crippen LogP) is 6.92. The molecule has 180 valence electrons. The van der Waals surface area contributed by atoms with Crippen molar-refractivity contribution >= 4 is 0 Å². The summed E-state index contributed by atoms with van der Waals surface area (Å²) in [6, 6.07) is 0. The lowest BCUT2D eigenvalue weighted by Crippen LogP contribution is -2.64. The molecular weight excluding hydrogens is 392 g/mol. The monoisotopic (exact) mass is 440 g/mol. The summed E-state index contributed by atoms with van der Waals surface area (Å²) in [5.41, 5.74) is 2.66. The van der Waals surface area contributed by atoms with Gasteiger partial charge in [0.25, 0.3) is 0 Å². The van der Waals surface area contributed by atoms with Gasteiger partial charge in [-0.2, -0.15) is 0 Å². The van der Waals surface area contributed by atoms with E-state index in [1.807, 2.05) is 0 Å². The zero-order valence-corrected chi connectivity index (χ0v) is 21.8. The Bertz CT molecular complexity index is 855. The van der Waals surface area contributed by atoms with E-state index in [4.69, 9.17) is 0 Å².